The van der Waals surface area contributed by atoms with E-state index in [-0.39, 0.29) is 23.6 Å². The number of rotatable bonds is 3. The number of carbonyl (C=O) groups excluding carboxylic acids is 1. The third-order valence-electron chi connectivity index (χ3n) is 5.72. The average molecular weight is 381 g/mol. The smallest absolute Gasteiger partial charge is 0.255 e. The van der Waals surface area contributed by atoms with E-state index in [1.54, 1.807) is 4.90 Å². The van der Waals surface area contributed by atoms with Gasteiger partial charge < -0.3 is 9.80 Å². The number of nitrogens with zero attached hydrogens (tertiary/aromatic N) is 3. The third-order valence-corrected chi connectivity index (χ3v) is 5.72. The SMILES string of the molecule is CN(C)c1nc2c(c(=O)[nH]1)CCN(C(=O)[C@H]1CC[C@H](c3ccccc3)N1)CC2. The van der Waals surface area contributed by atoms with Gasteiger partial charge in [-0.1, -0.05) is 30.3 Å². The molecule has 2 aromatic rings. The molecule has 2 N–H and O–H groups in total. The van der Waals surface area contributed by atoms with Crippen LogP contribution in [0, 0.1) is 0 Å². The number of aromatic amines is 1. The van der Waals surface area contributed by atoms with Crippen molar-refractivity contribution >= 4 is 11.9 Å². The molecule has 0 radical (unpaired) electrons. The van der Waals surface area contributed by atoms with E-state index in [9.17, 15) is 9.59 Å². The van der Waals surface area contributed by atoms with E-state index in [0.29, 0.717) is 37.4 Å². The van der Waals surface area contributed by atoms with E-state index in [1.165, 1.54) is 5.56 Å². The van der Waals surface area contributed by atoms with Gasteiger partial charge in [-0.15, -0.1) is 0 Å². The Hall–Kier alpha value is -2.67. The lowest BCUT2D eigenvalue weighted by Gasteiger charge is -2.24. The van der Waals surface area contributed by atoms with Gasteiger partial charge in [0.2, 0.25) is 11.9 Å². The second-order valence-electron chi connectivity index (χ2n) is 7.79. The molecule has 1 aromatic heterocycles. The molecule has 1 aromatic carbocycles. The van der Waals surface area contributed by atoms with Gasteiger partial charge in [-0.3, -0.25) is 19.9 Å². The second-order valence-corrected chi connectivity index (χ2v) is 7.79. The maximum atomic E-state index is 13.1. The molecule has 1 fully saturated rings. The lowest BCUT2D eigenvalue weighted by atomic mass is 10.1. The van der Waals surface area contributed by atoms with Crippen LogP contribution in [-0.4, -0.2) is 54.0 Å². The van der Waals surface area contributed by atoms with Crippen molar-refractivity contribution in [1.29, 1.82) is 0 Å². The van der Waals surface area contributed by atoms with Crippen molar-refractivity contribution in [2.45, 2.75) is 37.8 Å². The van der Waals surface area contributed by atoms with E-state index < -0.39 is 0 Å². The first-order valence-corrected chi connectivity index (χ1v) is 9.92. The Morgan fingerprint density at radius 3 is 2.64 bits per heavy atom. The number of aromatic nitrogens is 2. The highest BCUT2D eigenvalue weighted by Crippen LogP contribution is 2.27. The van der Waals surface area contributed by atoms with Crippen LogP contribution in [-0.2, 0) is 17.6 Å². The maximum absolute atomic E-state index is 13.1. The zero-order valence-electron chi connectivity index (χ0n) is 16.4. The van der Waals surface area contributed by atoms with Gasteiger partial charge in [0.15, 0.2) is 0 Å². The van der Waals surface area contributed by atoms with Gasteiger partial charge >= 0.3 is 0 Å². The topological polar surface area (TPSA) is 81.3 Å². The molecule has 0 saturated carbocycles. The molecule has 7 nitrogen and oxygen atoms in total. The second kappa shape index (κ2) is 7.75. The molecular formula is C21H27N5O2. The first-order chi connectivity index (χ1) is 13.5. The van der Waals surface area contributed by atoms with Crippen LogP contribution < -0.4 is 15.8 Å². The van der Waals surface area contributed by atoms with Crippen LogP contribution in [0.5, 0.6) is 0 Å². The lowest BCUT2D eigenvalue weighted by Crippen LogP contribution is -2.45. The van der Waals surface area contributed by atoms with Gasteiger partial charge in [0, 0.05) is 45.2 Å². The standard InChI is InChI=1S/C21H27N5O2/c1-25(2)21-23-17-11-13-26(12-10-15(17)19(27)24-21)20(28)18-9-8-16(22-18)14-6-4-3-5-7-14/h3-7,16,18,22H,8-13H2,1-2H3,(H,23,24,27)/t16-,18-/m1/s1. The summed E-state index contributed by atoms with van der Waals surface area (Å²) in [5.74, 6) is 0.696. The molecule has 148 valence electrons. The predicted octanol–water partition coefficient (Wildman–Crippen LogP) is 1.26. The van der Waals surface area contributed by atoms with Crippen LogP contribution >= 0.6 is 0 Å². The van der Waals surface area contributed by atoms with Gasteiger partial charge in [0.1, 0.15) is 0 Å². The van der Waals surface area contributed by atoms with Gasteiger partial charge in [0.25, 0.3) is 5.56 Å². The summed E-state index contributed by atoms with van der Waals surface area (Å²) in [6.45, 7) is 1.16. The number of fused-ring (bicyclic) bond motifs is 1. The van der Waals surface area contributed by atoms with Crippen molar-refractivity contribution in [2.75, 3.05) is 32.1 Å². The van der Waals surface area contributed by atoms with Crippen LogP contribution in [0.1, 0.15) is 35.7 Å². The number of nitrogens with one attached hydrogen (secondary N) is 2. The molecule has 7 heteroatoms. The van der Waals surface area contributed by atoms with E-state index in [4.69, 9.17) is 0 Å². The fourth-order valence-electron chi connectivity index (χ4n) is 4.13. The highest BCUT2D eigenvalue weighted by atomic mass is 16.2. The van der Waals surface area contributed by atoms with Crippen molar-refractivity contribution in [3.63, 3.8) is 0 Å². The van der Waals surface area contributed by atoms with Crippen molar-refractivity contribution in [3.8, 4) is 0 Å². The molecule has 0 aliphatic carbocycles. The minimum absolute atomic E-state index is 0.0915. The maximum Gasteiger partial charge on any atom is 0.255 e. The zero-order chi connectivity index (χ0) is 19.7. The number of amides is 1. The van der Waals surface area contributed by atoms with Gasteiger partial charge in [-0.25, -0.2) is 4.98 Å². The molecule has 1 amide bonds. The quantitative estimate of drug-likeness (QED) is 0.837. The van der Waals surface area contributed by atoms with Crippen molar-refractivity contribution < 1.29 is 4.79 Å². The Balaban J connectivity index is 1.44. The van der Waals surface area contributed by atoms with Crippen LogP contribution in [0.4, 0.5) is 5.95 Å². The Morgan fingerprint density at radius 2 is 1.89 bits per heavy atom. The molecule has 2 aliphatic heterocycles. The van der Waals surface area contributed by atoms with Crippen molar-refractivity contribution in [2.24, 2.45) is 0 Å². The summed E-state index contributed by atoms with van der Waals surface area (Å²) in [7, 11) is 3.71. The molecule has 2 aliphatic rings. The van der Waals surface area contributed by atoms with E-state index in [0.717, 1.165) is 18.5 Å². The van der Waals surface area contributed by atoms with Gasteiger partial charge in [-0.05, 0) is 24.8 Å². The largest absolute Gasteiger partial charge is 0.348 e. The van der Waals surface area contributed by atoms with Crippen molar-refractivity contribution in [3.05, 3.63) is 57.5 Å². The first kappa shape index (κ1) is 18.7. The minimum Gasteiger partial charge on any atom is -0.348 e. The summed E-state index contributed by atoms with van der Waals surface area (Å²) in [5.41, 5.74) is 2.66. The lowest BCUT2D eigenvalue weighted by molar-refractivity contribution is -0.133. The Labute approximate surface area is 164 Å². The number of H-pyrrole nitrogens is 1. The Bertz CT molecular complexity index is 909. The van der Waals surface area contributed by atoms with Crippen LogP contribution in [0.3, 0.4) is 0 Å². The summed E-state index contributed by atoms with van der Waals surface area (Å²) in [6.07, 6.45) is 2.96. The highest BCUT2D eigenvalue weighted by molar-refractivity contribution is 5.82. The fourth-order valence-corrected chi connectivity index (χ4v) is 4.13. The predicted molar refractivity (Wildman–Crippen MR) is 109 cm³/mol. The van der Waals surface area contributed by atoms with Crippen LogP contribution in [0.15, 0.2) is 35.1 Å². The average Bonchev–Trinajstić information content (AvgIpc) is 3.09. The van der Waals surface area contributed by atoms with E-state index in [2.05, 4.69) is 27.4 Å². The molecule has 2 atom stereocenters. The number of benzene rings is 1. The van der Waals surface area contributed by atoms with E-state index >= 15 is 0 Å². The summed E-state index contributed by atoms with van der Waals surface area (Å²) in [5, 5.41) is 3.50. The monoisotopic (exact) mass is 381 g/mol. The Kier molecular flexibility index (Phi) is 5.17. The molecule has 1 saturated heterocycles. The van der Waals surface area contributed by atoms with Gasteiger partial charge in [-0.2, -0.15) is 0 Å². The number of carbonyl (C=O) groups is 1. The number of anilines is 1. The summed E-state index contributed by atoms with van der Waals surface area (Å²) < 4.78 is 0. The summed E-state index contributed by atoms with van der Waals surface area (Å²) in [4.78, 5) is 36.6. The summed E-state index contributed by atoms with van der Waals surface area (Å²) in [6, 6.07) is 10.4. The molecule has 0 bridgehead atoms. The highest BCUT2D eigenvalue weighted by Gasteiger charge is 2.33. The molecule has 4 rings (SSSR count). The van der Waals surface area contributed by atoms with Crippen LogP contribution in [0.25, 0.3) is 0 Å². The normalized spacial score (nSPS) is 21.9. The Morgan fingerprint density at radius 1 is 1.14 bits per heavy atom. The molecule has 0 unspecified atom stereocenters. The molecular weight excluding hydrogens is 354 g/mol. The summed E-state index contributed by atoms with van der Waals surface area (Å²) >= 11 is 0. The molecule has 0 spiro atoms. The number of hydrogen-bond acceptors (Lipinski definition) is 5. The van der Waals surface area contributed by atoms with Crippen LogP contribution in [0.2, 0.25) is 0 Å². The zero-order valence-corrected chi connectivity index (χ0v) is 16.4. The molecule has 3 heterocycles. The fraction of sp³-hybridized carbons (Fsp3) is 0.476. The third kappa shape index (κ3) is 3.67. The van der Waals surface area contributed by atoms with Gasteiger partial charge in [0.05, 0.1) is 11.7 Å². The van der Waals surface area contributed by atoms with E-state index in [1.807, 2.05) is 37.2 Å². The number of hydrogen-bond donors (Lipinski definition) is 2. The minimum atomic E-state index is -0.157. The first-order valence-electron chi connectivity index (χ1n) is 9.92. The molecule has 28 heavy (non-hydrogen) atoms. The van der Waals surface area contributed by atoms with Crippen molar-refractivity contribution in [1.82, 2.24) is 20.2 Å².